The van der Waals surface area contributed by atoms with Gasteiger partial charge in [-0.05, 0) is 54.6 Å². The van der Waals surface area contributed by atoms with Gasteiger partial charge >= 0.3 is 0 Å². The van der Waals surface area contributed by atoms with Gasteiger partial charge in [0.05, 0.1) is 50.2 Å². The van der Waals surface area contributed by atoms with E-state index < -0.39 is 0 Å². The average molecular weight is 703 g/mol. The molecule has 0 fully saturated rings. The molecular weight excluding hydrogens is 673 g/mol. The molecule has 4 heterocycles. The lowest BCUT2D eigenvalue weighted by atomic mass is 10.0. The SMILES string of the molecule is c1ccc(-c2nc3ccccc3nc2-c2cccc(-n3c4ccccc4c4ccc5c6ccccc6n(-c6ccc7c(c6)oc6ccccc67)c5c43)c2)cc1. The largest absolute Gasteiger partial charge is 0.456 e. The Balaban J connectivity index is 1.17. The molecule has 12 aromatic rings. The Morgan fingerprint density at radius 3 is 1.55 bits per heavy atom. The molecule has 0 unspecified atom stereocenters. The van der Waals surface area contributed by atoms with Gasteiger partial charge in [-0.3, -0.25) is 0 Å². The fourth-order valence-electron chi connectivity index (χ4n) is 8.68. The first-order valence-corrected chi connectivity index (χ1v) is 18.6. The molecule has 0 spiro atoms. The second-order valence-electron chi connectivity index (χ2n) is 14.2. The van der Waals surface area contributed by atoms with Crippen LogP contribution in [0.15, 0.2) is 186 Å². The van der Waals surface area contributed by atoms with E-state index in [1.807, 2.05) is 42.5 Å². The summed E-state index contributed by atoms with van der Waals surface area (Å²) in [6, 6.07) is 64.2. The molecule has 5 heteroatoms. The van der Waals surface area contributed by atoms with Crippen LogP contribution in [0.5, 0.6) is 0 Å². The molecule has 0 amide bonds. The molecule has 0 atom stereocenters. The van der Waals surface area contributed by atoms with Crippen molar-refractivity contribution in [2.45, 2.75) is 0 Å². The molecule has 0 aliphatic heterocycles. The first-order valence-electron chi connectivity index (χ1n) is 18.6. The zero-order valence-corrected chi connectivity index (χ0v) is 29.5. The summed E-state index contributed by atoms with van der Waals surface area (Å²) in [6.45, 7) is 0. The summed E-state index contributed by atoms with van der Waals surface area (Å²) in [6.07, 6.45) is 0. The number of para-hydroxylation sites is 5. The van der Waals surface area contributed by atoms with Crippen molar-refractivity contribution < 1.29 is 4.42 Å². The van der Waals surface area contributed by atoms with Crippen LogP contribution < -0.4 is 0 Å². The zero-order valence-electron chi connectivity index (χ0n) is 29.5. The third-order valence-electron chi connectivity index (χ3n) is 11.1. The van der Waals surface area contributed by atoms with Crippen LogP contribution in [0.25, 0.3) is 110 Å². The summed E-state index contributed by atoms with van der Waals surface area (Å²) in [7, 11) is 0. The standard InChI is InChI=1S/C50H30N4O/c1-2-13-31(14-3-1)47-48(52-42-21-8-7-20-41(42)51-47)32-15-12-16-33(29-32)53-43-22-9-4-17-35(43)39-27-28-40-36-18-5-10-23-44(36)54(50(40)49(39)53)34-25-26-38-37-19-6-11-24-45(37)55-46(38)30-34/h1-30H. The van der Waals surface area contributed by atoms with E-state index in [0.29, 0.717) is 0 Å². The highest BCUT2D eigenvalue weighted by molar-refractivity contribution is 6.24. The fraction of sp³-hybridized carbons (Fsp3) is 0. The molecule has 5 nitrogen and oxygen atoms in total. The maximum Gasteiger partial charge on any atom is 0.137 e. The maximum atomic E-state index is 6.44. The second kappa shape index (κ2) is 11.5. The highest BCUT2D eigenvalue weighted by atomic mass is 16.3. The lowest BCUT2D eigenvalue weighted by Gasteiger charge is -2.15. The third kappa shape index (κ3) is 4.41. The highest BCUT2D eigenvalue weighted by Crippen LogP contribution is 2.43. The third-order valence-corrected chi connectivity index (χ3v) is 11.1. The highest BCUT2D eigenvalue weighted by Gasteiger charge is 2.22. The van der Waals surface area contributed by atoms with Crippen molar-refractivity contribution in [2.75, 3.05) is 0 Å². The molecule has 256 valence electrons. The molecular formula is C50H30N4O. The zero-order chi connectivity index (χ0) is 36.0. The predicted molar refractivity (Wildman–Crippen MR) is 226 cm³/mol. The van der Waals surface area contributed by atoms with Crippen molar-refractivity contribution in [2.24, 2.45) is 0 Å². The van der Waals surface area contributed by atoms with Gasteiger partial charge in [-0.1, -0.05) is 121 Å². The van der Waals surface area contributed by atoms with Crippen LogP contribution >= 0.6 is 0 Å². The van der Waals surface area contributed by atoms with Gasteiger partial charge in [0.25, 0.3) is 0 Å². The summed E-state index contributed by atoms with van der Waals surface area (Å²) in [5, 5.41) is 7.03. The lowest BCUT2D eigenvalue weighted by molar-refractivity contribution is 0.668. The van der Waals surface area contributed by atoms with Gasteiger partial charge in [0.1, 0.15) is 11.2 Å². The number of benzene rings is 8. The van der Waals surface area contributed by atoms with Gasteiger partial charge in [-0.2, -0.15) is 0 Å². The van der Waals surface area contributed by atoms with Gasteiger partial charge in [-0.25, -0.2) is 9.97 Å². The van der Waals surface area contributed by atoms with Gasteiger partial charge in [-0.15, -0.1) is 0 Å². The summed E-state index contributed by atoms with van der Waals surface area (Å²) in [5.41, 5.74) is 13.9. The first-order chi connectivity index (χ1) is 27.3. The summed E-state index contributed by atoms with van der Waals surface area (Å²) in [5.74, 6) is 0. The van der Waals surface area contributed by atoms with Crippen LogP contribution in [0.4, 0.5) is 0 Å². The van der Waals surface area contributed by atoms with Gasteiger partial charge in [0.2, 0.25) is 0 Å². The first kappa shape index (κ1) is 30.0. The number of hydrogen-bond acceptors (Lipinski definition) is 3. The average Bonchev–Trinajstić information content (AvgIpc) is 3.91. The monoisotopic (exact) mass is 702 g/mol. The summed E-state index contributed by atoms with van der Waals surface area (Å²) >= 11 is 0. The molecule has 0 aliphatic rings. The van der Waals surface area contributed by atoms with Crippen LogP contribution in [-0.4, -0.2) is 19.1 Å². The quantitative estimate of drug-likeness (QED) is 0.183. The topological polar surface area (TPSA) is 48.8 Å². The predicted octanol–water partition coefficient (Wildman–Crippen LogP) is 13.1. The smallest absolute Gasteiger partial charge is 0.137 e. The van der Waals surface area contributed by atoms with E-state index in [1.54, 1.807) is 0 Å². The van der Waals surface area contributed by atoms with Crippen molar-refractivity contribution in [3.63, 3.8) is 0 Å². The van der Waals surface area contributed by atoms with Crippen LogP contribution in [-0.2, 0) is 0 Å². The molecule has 12 rings (SSSR count). The van der Waals surface area contributed by atoms with Crippen LogP contribution in [0.2, 0.25) is 0 Å². The van der Waals surface area contributed by atoms with Crippen LogP contribution in [0.3, 0.4) is 0 Å². The number of furan rings is 1. The van der Waals surface area contributed by atoms with Gasteiger partial charge in [0, 0.05) is 55.2 Å². The normalized spacial score (nSPS) is 12.0. The van der Waals surface area contributed by atoms with Crippen molar-refractivity contribution in [3.8, 4) is 33.9 Å². The maximum absolute atomic E-state index is 6.44. The number of rotatable bonds is 4. The number of aromatic nitrogens is 4. The minimum atomic E-state index is 0.853. The van der Waals surface area contributed by atoms with Crippen molar-refractivity contribution in [1.29, 1.82) is 0 Å². The number of hydrogen-bond donors (Lipinski definition) is 0. The molecule has 55 heavy (non-hydrogen) atoms. The van der Waals surface area contributed by atoms with E-state index in [1.165, 1.54) is 21.5 Å². The van der Waals surface area contributed by atoms with Gasteiger partial charge < -0.3 is 13.6 Å². The van der Waals surface area contributed by atoms with Crippen molar-refractivity contribution in [1.82, 2.24) is 19.1 Å². The minimum Gasteiger partial charge on any atom is -0.456 e. The lowest BCUT2D eigenvalue weighted by Crippen LogP contribution is -2.00. The van der Waals surface area contributed by atoms with Gasteiger partial charge in [0.15, 0.2) is 0 Å². The van der Waals surface area contributed by atoms with Crippen molar-refractivity contribution in [3.05, 3.63) is 182 Å². The van der Waals surface area contributed by atoms with E-state index in [-0.39, 0.29) is 0 Å². The second-order valence-corrected chi connectivity index (χ2v) is 14.2. The van der Waals surface area contributed by atoms with Crippen molar-refractivity contribution >= 4 is 76.6 Å². The van der Waals surface area contributed by atoms with E-state index in [4.69, 9.17) is 14.4 Å². The summed E-state index contributed by atoms with van der Waals surface area (Å²) in [4.78, 5) is 10.4. The fourth-order valence-corrected chi connectivity index (χ4v) is 8.68. The molecule has 0 saturated carbocycles. The molecule has 0 saturated heterocycles. The molecule has 0 bridgehead atoms. The van der Waals surface area contributed by atoms with Crippen LogP contribution in [0.1, 0.15) is 0 Å². The Morgan fingerprint density at radius 1 is 0.345 bits per heavy atom. The van der Waals surface area contributed by atoms with Crippen LogP contribution in [0, 0.1) is 0 Å². The summed E-state index contributed by atoms with van der Waals surface area (Å²) < 4.78 is 11.3. The minimum absolute atomic E-state index is 0.853. The van der Waals surface area contributed by atoms with E-state index in [2.05, 4.69) is 149 Å². The van der Waals surface area contributed by atoms with E-state index in [0.717, 1.165) is 88.9 Å². The molecule has 0 radical (unpaired) electrons. The Kier molecular flexibility index (Phi) is 6.27. The molecule has 0 aliphatic carbocycles. The molecule has 4 aromatic heterocycles. The number of fused-ring (bicyclic) bond motifs is 11. The van der Waals surface area contributed by atoms with E-state index in [9.17, 15) is 0 Å². The Bertz CT molecular complexity index is 3500. The molecule has 8 aromatic carbocycles. The molecule has 0 N–H and O–H groups in total. The Labute approximate surface area is 315 Å². The Hall–Kier alpha value is -7.50. The number of nitrogens with zero attached hydrogens (tertiary/aromatic N) is 4. The Morgan fingerprint density at radius 2 is 0.855 bits per heavy atom. The van der Waals surface area contributed by atoms with E-state index >= 15 is 0 Å².